The minimum Gasteiger partial charge on any atom is -0.475 e. The van der Waals surface area contributed by atoms with Gasteiger partial charge >= 0.3 is 0 Å². The second kappa shape index (κ2) is 14.9. The van der Waals surface area contributed by atoms with E-state index in [0.29, 0.717) is 38.4 Å². The van der Waals surface area contributed by atoms with Crippen LogP contribution in [0.2, 0.25) is 5.15 Å². The van der Waals surface area contributed by atoms with Crippen molar-refractivity contribution in [3.63, 3.8) is 0 Å². The zero-order chi connectivity index (χ0) is 37.3. The van der Waals surface area contributed by atoms with Gasteiger partial charge in [0.1, 0.15) is 48.0 Å². The highest BCUT2D eigenvalue weighted by Gasteiger charge is 2.31. The van der Waals surface area contributed by atoms with Gasteiger partial charge < -0.3 is 43.6 Å². The summed E-state index contributed by atoms with van der Waals surface area (Å²) in [4.78, 5) is 45.3. The second-order valence-electron chi connectivity index (χ2n) is 12.7. The van der Waals surface area contributed by atoms with Crippen molar-refractivity contribution in [1.29, 1.82) is 0 Å². The van der Waals surface area contributed by atoms with E-state index in [-0.39, 0.29) is 45.7 Å². The molecule has 0 unspecified atom stereocenters. The van der Waals surface area contributed by atoms with Crippen LogP contribution in [0.25, 0.3) is 21.8 Å². The number of ether oxygens (including phenoxy) is 4. The summed E-state index contributed by atoms with van der Waals surface area (Å²) in [5.41, 5.74) is 10.2. The van der Waals surface area contributed by atoms with E-state index in [2.05, 4.69) is 53.6 Å². The summed E-state index contributed by atoms with van der Waals surface area (Å²) in [6.07, 6.45) is 6.73. The second-order valence-corrected chi connectivity index (χ2v) is 13.1. The van der Waals surface area contributed by atoms with E-state index >= 15 is 0 Å². The average Bonchev–Trinajstić information content (AvgIpc) is 3.64. The molecule has 278 valence electrons. The molecule has 0 radical (unpaired) electrons. The first-order chi connectivity index (χ1) is 26.4. The maximum Gasteiger partial charge on any atom is 0.267 e. The van der Waals surface area contributed by atoms with Crippen molar-refractivity contribution in [3.8, 4) is 11.8 Å². The molecule has 10 rings (SSSR count). The number of nitrogen functional groups attached to an aromatic ring is 1. The Morgan fingerprint density at radius 3 is 1.65 bits per heavy atom. The summed E-state index contributed by atoms with van der Waals surface area (Å²) < 4.78 is 26.2. The molecule has 16 heteroatoms. The normalized spacial score (nSPS) is 17.0. The summed E-state index contributed by atoms with van der Waals surface area (Å²) in [6.45, 7) is 8.46. The number of fused-ring (bicyclic) bond motifs is 4. The predicted molar refractivity (Wildman–Crippen MR) is 203 cm³/mol. The molecule has 0 saturated carbocycles. The van der Waals surface area contributed by atoms with E-state index in [0.717, 1.165) is 59.6 Å². The molecule has 0 aliphatic carbocycles. The molecule has 6 aromatic rings. The van der Waals surface area contributed by atoms with Crippen molar-refractivity contribution in [2.24, 2.45) is 0 Å². The van der Waals surface area contributed by atoms with Gasteiger partial charge in [-0.3, -0.25) is 9.59 Å². The fourth-order valence-corrected chi connectivity index (χ4v) is 7.01. The topological polar surface area (TPSA) is 165 Å². The van der Waals surface area contributed by atoms with Gasteiger partial charge in [-0.25, -0.2) is 19.9 Å². The molecule has 2 saturated heterocycles. The lowest BCUT2D eigenvalue weighted by molar-refractivity contribution is -0.0214. The number of amides is 2. The number of carbonyl (C=O) groups excluding carboxylic acids is 2. The fourth-order valence-electron chi connectivity index (χ4n) is 6.81. The van der Waals surface area contributed by atoms with Gasteiger partial charge in [-0.1, -0.05) is 25.4 Å². The highest BCUT2D eigenvalue weighted by molar-refractivity contribution is 6.33. The Morgan fingerprint density at radius 2 is 1.15 bits per heavy atom. The molecular formula is C38H38ClN9O6. The molecule has 8 heterocycles. The van der Waals surface area contributed by atoms with Crippen LogP contribution in [0.15, 0.2) is 73.6 Å². The summed E-state index contributed by atoms with van der Waals surface area (Å²) in [5, 5.41) is 2.25. The molecule has 0 atom stereocenters. The van der Waals surface area contributed by atoms with Crippen LogP contribution in [0, 0.1) is 0 Å². The van der Waals surface area contributed by atoms with Gasteiger partial charge in [-0.2, -0.15) is 0 Å². The highest BCUT2D eigenvalue weighted by Crippen LogP contribution is 2.33. The molecule has 0 spiro atoms. The maximum atomic E-state index is 13.0. The van der Waals surface area contributed by atoms with E-state index in [1.54, 1.807) is 9.80 Å². The number of carbonyl (C=O) groups is 2. The molecule has 2 amide bonds. The lowest BCUT2D eigenvalue weighted by Gasteiger charge is -2.28. The third kappa shape index (κ3) is 6.33. The van der Waals surface area contributed by atoms with Gasteiger partial charge in [0.25, 0.3) is 11.8 Å². The Hall–Kier alpha value is -5.77. The first kappa shape index (κ1) is 35.3. The smallest absolute Gasteiger partial charge is 0.267 e. The lowest BCUT2D eigenvalue weighted by Crippen LogP contribution is -2.32. The van der Waals surface area contributed by atoms with Crippen LogP contribution in [0.4, 0.5) is 17.2 Å². The minimum absolute atomic E-state index is 0.101. The van der Waals surface area contributed by atoms with Gasteiger partial charge in [0, 0.05) is 45.6 Å². The number of hydrogen-bond acceptors (Lipinski definition) is 11. The third-order valence-electron chi connectivity index (χ3n) is 9.69. The van der Waals surface area contributed by atoms with Gasteiger partial charge in [0.15, 0.2) is 0 Å². The zero-order valence-electron chi connectivity index (χ0n) is 29.7. The number of rotatable bonds is 4. The molecule has 15 nitrogen and oxygen atoms in total. The Labute approximate surface area is 315 Å². The molecular weight excluding hydrogens is 714 g/mol. The van der Waals surface area contributed by atoms with E-state index in [1.807, 2.05) is 50.2 Å². The SMILES string of the molecule is CC.Nc1ncnc2c1C(=O)N(c1ccc3c(ccn3C3COC3)c1)CCO2.O=C1c2c(Cl)ncnc2OCCN1c1ccc2c(ccn2C2COC2)c1. The summed E-state index contributed by atoms with van der Waals surface area (Å²) in [6, 6.07) is 16.9. The number of benzene rings is 2. The van der Waals surface area contributed by atoms with Crippen molar-refractivity contribution >= 4 is 62.4 Å². The zero-order valence-corrected chi connectivity index (χ0v) is 30.5. The quantitative estimate of drug-likeness (QED) is 0.231. The van der Waals surface area contributed by atoms with E-state index in [4.69, 9.17) is 36.3 Å². The van der Waals surface area contributed by atoms with Crippen molar-refractivity contribution < 1.29 is 28.5 Å². The third-order valence-corrected chi connectivity index (χ3v) is 9.98. The van der Waals surface area contributed by atoms with Gasteiger partial charge in [-0.15, -0.1) is 0 Å². The van der Waals surface area contributed by atoms with Gasteiger partial charge in [-0.05, 0) is 48.5 Å². The van der Waals surface area contributed by atoms with Crippen molar-refractivity contribution in [1.82, 2.24) is 29.1 Å². The van der Waals surface area contributed by atoms with Crippen LogP contribution >= 0.6 is 11.6 Å². The fraction of sp³-hybridized carbons (Fsp3) is 0.316. The van der Waals surface area contributed by atoms with E-state index in [1.165, 1.54) is 12.7 Å². The Kier molecular flexibility index (Phi) is 9.75. The summed E-state index contributed by atoms with van der Waals surface area (Å²) in [7, 11) is 0. The van der Waals surface area contributed by atoms with Crippen LogP contribution in [-0.2, 0) is 9.47 Å². The summed E-state index contributed by atoms with van der Waals surface area (Å²) in [5.74, 6) is 0.0945. The molecule has 2 aromatic carbocycles. The predicted octanol–water partition coefficient (Wildman–Crippen LogP) is 5.35. The van der Waals surface area contributed by atoms with Crippen molar-refractivity contribution in [3.05, 3.63) is 89.9 Å². The number of anilines is 3. The average molecular weight is 752 g/mol. The minimum atomic E-state index is -0.255. The standard InChI is InChI=1S/C18H15ClN4O3.C18H17N5O3.C2H6/c2*19-16-15-17(21-10-20-16)26-6-5-23(18(15)24)12-1-2-14-11(7-12)3-4-22(14)13-8-25-9-13;1-2/h1-4,7,10,13H,5-6,8-9H2;1-4,7,10,13H,5-6,8-9H2,(H2,19,20,21);1-2H3. The molecule has 2 fully saturated rings. The van der Waals surface area contributed by atoms with Crippen LogP contribution in [0.5, 0.6) is 11.8 Å². The molecule has 54 heavy (non-hydrogen) atoms. The number of hydrogen-bond donors (Lipinski definition) is 1. The molecule has 4 aliphatic rings. The number of halogens is 1. The number of nitrogens with two attached hydrogens (primary N) is 1. The first-order valence-corrected chi connectivity index (χ1v) is 18.2. The molecule has 2 N–H and O–H groups in total. The largest absolute Gasteiger partial charge is 0.475 e. The van der Waals surface area contributed by atoms with Crippen LogP contribution in [-0.4, -0.2) is 93.6 Å². The van der Waals surface area contributed by atoms with E-state index in [9.17, 15) is 9.59 Å². The lowest BCUT2D eigenvalue weighted by atomic mass is 10.1. The van der Waals surface area contributed by atoms with Crippen LogP contribution in [0.1, 0.15) is 46.6 Å². The number of nitrogens with zero attached hydrogens (tertiary/aromatic N) is 8. The van der Waals surface area contributed by atoms with Crippen LogP contribution in [0.3, 0.4) is 0 Å². The molecule has 4 aliphatic heterocycles. The molecule has 0 bridgehead atoms. The van der Waals surface area contributed by atoms with Gasteiger partial charge in [0.05, 0.1) is 51.6 Å². The van der Waals surface area contributed by atoms with E-state index < -0.39 is 0 Å². The van der Waals surface area contributed by atoms with Crippen LogP contribution < -0.4 is 25.0 Å². The Morgan fingerprint density at radius 1 is 0.667 bits per heavy atom. The maximum absolute atomic E-state index is 13.0. The molecule has 4 aromatic heterocycles. The number of aromatic nitrogens is 6. The van der Waals surface area contributed by atoms with Crippen molar-refractivity contribution in [2.75, 3.05) is 68.3 Å². The van der Waals surface area contributed by atoms with Crippen molar-refractivity contribution in [2.45, 2.75) is 25.9 Å². The highest BCUT2D eigenvalue weighted by atomic mass is 35.5. The first-order valence-electron chi connectivity index (χ1n) is 17.8. The Bertz CT molecular complexity index is 2190. The summed E-state index contributed by atoms with van der Waals surface area (Å²) >= 11 is 6.12. The Balaban J connectivity index is 0.000000147. The monoisotopic (exact) mass is 751 g/mol. The van der Waals surface area contributed by atoms with Gasteiger partial charge in [0.2, 0.25) is 11.8 Å².